The van der Waals surface area contributed by atoms with Gasteiger partial charge in [0.2, 0.25) is 0 Å². The van der Waals surface area contributed by atoms with Crippen LogP contribution in [0.4, 0.5) is 8.78 Å². The highest BCUT2D eigenvalue weighted by Gasteiger charge is 2.35. The van der Waals surface area contributed by atoms with E-state index in [1.54, 1.807) is 0 Å². The minimum atomic E-state index is -0.855. The van der Waals surface area contributed by atoms with Crippen LogP contribution in [0, 0.1) is 41.2 Å². The Hall–Kier alpha value is -2.14. The molecule has 0 heterocycles. The van der Waals surface area contributed by atoms with Gasteiger partial charge in [-0.15, -0.1) is 0 Å². The van der Waals surface area contributed by atoms with E-state index in [-0.39, 0.29) is 0 Å². The molecular formula is C27H30F2. The third kappa shape index (κ3) is 4.89. The molecule has 0 radical (unpaired) electrons. The molecule has 0 aromatic heterocycles. The summed E-state index contributed by atoms with van der Waals surface area (Å²) in [6.07, 6.45) is 11.1. The van der Waals surface area contributed by atoms with Gasteiger partial charge in [0.25, 0.3) is 0 Å². The maximum atomic E-state index is 13.3. The SMILES string of the molecule is CCCC1CC[C@@H]2C[C@H](c3ccc(C#Cc4ccc(F)c(F)c4)cc3)CC[C@@H]2C1. The van der Waals surface area contributed by atoms with E-state index in [0.717, 1.165) is 35.4 Å². The fourth-order valence-electron chi connectivity index (χ4n) is 5.52. The van der Waals surface area contributed by atoms with Crippen molar-refractivity contribution in [3.63, 3.8) is 0 Å². The van der Waals surface area contributed by atoms with Crippen molar-refractivity contribution in [3.05, 3.63) is 70.8 Å². The van der Waals surface area contributed by atoms with Crippen molar-refractivity contribution < 1.29 is 8.78 Å². The highest BCUT2D eigenvalue weighted by molar-refractivity contribution is 5.44. The molecule has 0 nitrogen and oxygen atoms in total. The summed E-state index contributed by atoms with van der Waals surface area (Å²) in [6.45, 7) is 2.31. The molecule has 0 spiro atoms. The quantitative estimate of drug-likeness (QED) is 0.475. The van der Waals surface area contributed by atoms with Gasteiger partial charge < -0.3 is 0 Å². The van der Waals surface area contributed by atoms with Crippen LogP contribution in [0.25, 0.3) is 0 Å². The molecule has 4 atom stereocenters. The van der Waals surface area contributed by atoms with Crippen LogP contribution in [-0.2, 0) is 0 Å². The van der Waals surface area contributed by atoms with Crippen molar-refractivity contribution in [2.75, 3.05) is 0 Å². The zero-order valence-corrected chi connectivity index (χ0v) is 17.3. The first kappa shape index (κ1) is 20.1. The second-order valence-corrected chi connectivity index (χ2v) is 9.00. The van der Waals surface area contributed by atoms with Gasteiger partial charge in [-0.25, -0.2) is 8.78 Å². The fraction of sp³-hybridized carbons (Fsp3) is 0.481. The maximum absolute atomic E-state index is 13.3. The lowest BCUT2D eigenvalue weighted by Gasteiger charge is -2.42. The lowest BCUT2D eigenvalue weighted by molar-refractivity contribution is 0.114. The molecule has 0 bridgehead atoms. The van der Waals surface area contributed by atoms with Crippen molar-refractivity contribution in [2.45, 2.75) is 64.2 Å². The highest BCUT2D eigenvalue weighted by atomic mass is 19.2. The van der Waals surface area contributed by atoms with E-state index in [0.29, 0.717) is 11.5 Å². The fourth-order valence-corrected chi connectivity index (χ4v) is 5.52. The van der Waals surface area contributed by atoms with Crippen molar-refractivity contribution in [2.24, 2.45) is 17.8 Å². The second kappa shape index (κ2) is 9.12. The molecule has 2 aliphatic rings. The Morgan fingerprint density at radius 2 is 1.48 bits per heavy atom. The van der Waals surface area contributed by atoms with Crippen LogP contribution in [0.2, 0.25) is 0 Å². The number of fused-ring (bicyclic) bond motifs is 1. The van der Waals surface area contributed by atoms with E-state index in [9.17, 15) is 8.78 Å². The van der Waals surface area contributed by atoms with Crippen LogP contribution in [0.5, 0.6) is 0 Å². The van der Waals surface area contributed by atoms with E-state index in [1.807, 2.05) is 0 Å². The van der Waals surface area contributed by atoms with Gasteiger partial charge in [-0.3, -0.25) is 0 Å². The summed E-state index contributed by atoms with van der Waals surface area (Å²) in [7, 11) is 0. The molecule has 1 unspecified atom stereocenters. The minimum Gasteiger partial charge on any atom is -0.204 e. The first-order valence-corrected chi connectivity index (χ1v) is 11.2. The third-order valence-corrected chi connectivity index (χ3v) is 7.07. The molecule has 2 aliphatic carbocycles. The van der Waals surface area contributed by atoms with E-state index in [1.165, 1.54) is 63.0 Å². The van der Waals surface area contributed by atoms with Gasteiger partial charge in [0, 0.05) is 11.1 Å². The molecule has 152 valence electrons. The van der Waals surface area contributed by atoms with Crippen LogP contribution >= 0.6 is 0 Å². The topological polar surface area (TPSA) is 0 Å². The van der Waals surface area contributed by atoms with Gasteiger partial charge in [-0.1, -0.05) is 50.2 Å². The molecule has 2 aromatic carbocycles. The molecular weight excluding hydrogens is 362 g/mol. The molecule has 0 N–H and O–H groups in total. The normalized spacial score (nSPS) is 26.3. The Kier molecular flexibility index (Phi) is 6.34. The lowest BCUT2D eigenvalue weighted by Crippen LogP contribution is -2.30. The standard InChI is InChI=1S/C27H30F2/c1-2-3-20-8-12-25-18-24(14-13-23(25)16-20)22-10-6-19(7-11-22)4-5-21-9-15-26(28)27(29)17-21/h6-7,9-11,15,17,20,23-25H,2-3,8,12-14,16,18H2,1H3/t20?,23-,24-,25-/m1/s1. The van der Waals surface area contributed by atoms with Gasteiger partial charge in [0.15, 0.2) is 11.6 Å². The van der Waals surface area contributed by atoms with E-state index >= 15 is 0 Å². The van der Waals surface area contributed by atoms with E-state index in [2.05, 4.69) is 43.0 Å². The average Bonchev–Trinajstić information content (AvgIpc) is 2.75. The molecule has 4 rings (SSSR count). The summed E-state index contributed by atoms with van der Waals surface area (Å²) < 4.78 is 26.3. The largest absolute Gasteiger partial charge is 0.204 e. The van der Waals surface area contributed by atoms with E-state index < -0.39 is 11.6 Å². The molecule has 0 amide bonds. The van der Waals surface area contributed by atoms with Gasteiger partial charge in [-0.05, 0) is 91.7 Å². The minimum absolute atomic E-state index is 0.491. The summed E-state index contributed by atoms with van der Waals surface area (Å²) >= 11 is 0. The first-order chi connectivity index (χ1) is 14.1. The number of hydrogen-bond donors (Lipinski definition) is 0. The number of halogens is 2. The zero-order valence-electron chi connectivity index (χ0n) is 17.3. The van der Waals surface area contributed by atoms with Crippen molar-refractivity contribution in [1.82, 2.24) is 0 Å². The summed E-state index contributed by atoms with van der Waals surface area (Å²) in [4.78, 5) is 0. The van der Waals surface area contributed by atoms with Crippen LogP contribution in [0.1, 0.15) is 80.9 Å². The van der Waals surface area contributed by atoms with Crippen LogP contribution in [0.3, 0.4) is 0 Å². The Bertz CT molecular complexity index is 887. The smallest absolute Gasteiger partial charge is 0.160 e. The Morgan fingerprint density at radius 3 is 2.24 bits per heavy atom. The summed E-state index contributed by atoms with van der Waals surface area (Å²) in [5.41, 5.74) is 2.83. The van der Waals surface area contributed by atoms with Crippen LogP contribution in [0.15, 0.2) is 42.5 Å². The van der Waals surface area contributed by atoms with Crippen LogP contribution in [-0.4, -0.2) is 0 Å². The van der Waals surface area contributed by atoms with Gasteiger partial charge in [-0.2, -0.15) is 0 Å². The molecule has 0 aliphatic heterocycles. The van der Waals surface area contributed by atoms with Crippen LogP contribution < -0.4 is 0 Å². The van der Waals surface area contributed by atoms with E-state index in [4.69, 9.17) is 0 Å². The lowest BCUT2D eigenvalue weighted by atomic mass is 9.63. The van der Waals surface area contributed by atoms with Gasteiger partial charge >= 0.3 is 0 Å². The third-order valence-electron chi connectivity index (χ3n) is 7.07. The Balaban J connectivity index is 1.38. The van der Waals surface area contributed by atoms with Crippen molar-refractivity contribution in [3.8, 4) is 11.8 Å². The molecule has 2 fully saturated rings. The average molecular weight is 393 g/mol. The van der Waals surface area contributed by atoms with Gasteiger partial charge in [0.05, 0.1) is 0 Å². The monoisotopic (exact) mass is 392 g/mol. The second-order valence-electron chi connectivity index (χ2n) is 9.00. The molecule has 0 saturated heterocycles. The summed E-state index contributed by atoms with van der Waals surface area (Å²) in [6, 6.07) is 12.3. The van der Waals surface area contributed by atoms with Crippen molar-refractivity contribution >= 4 is 0 Å². The summed E-state index contributed by atoms with van der Waals surface area (Å²) in [5, 5.41) is 0. The number of hydrogen-bond acceptors (Lipinski definition) is 0. The maximum Gasteiger partial charge on any atom is 0.160 e. The summed E-state index contributed by atoms with van der Waals surface area (Å²) in [5.74, 6) is 7.81. The molecule has 29 heavy (non-hydrogen) atoms. The first-order valence-electron chi connectivity index (χ1n) is 11.2. The zero-order chi connectivity index (χ0) is 20.2. The predicted molar refractivity (Wildman–Crippen MR) is 115 cm³/mol. The number of benzene rings is 2. The van der Waals surface area contributed by atoms with Gasteiger partial charge in [0.1, 0.15) is 0 Å². The molecule has 2 saturated carbocycles. The predicted octanol–water partition coefficient (Wildman–Crippen LogP) is 7.46. The molecule has 2 heteroatoms. The number of rotatable bonds is 3. The highest BCUT2D eigenvalue weighted by Crippen LogP contribution is 2.48. The Morgan fingerprint density at radius 1 is 0.793 bits per heavy atom. The molecule has 2 aromatic rings. The Labute approximate surface area is 173 Å². The van der Waals surface area contributed by atoms with Crippen molar-refractivity contribution in [1.29, 1.82) is 0 Å².